The molecule has 0 aromatic heterocycles. The number of hydrogen-bond acceptors (Lipinski definition) is 1. The Morgan fingerprint density at radius 1 is 1.05 bits per heavy atom. The Morgan fingerprint density at radius 2 is 1.57 bits per heavy atom. The zero-order chi connectivity index (χ0) is 15.8. The van der Waals surface area contributed by atoms with E-state index in [1.165, 1.54) is 24.0 Å². The molecular weight excluding hydrogens is 280 g/mol. The van der Waals surface area contributed by atoms with Gasteiger partial charge in [-0.3, -0.25) is 0 Å². The van der Waals surface area contributed by atoms with Crippen LogP contribution in [0.15, 0.2) is 12.1 Å². The second kappa shape index (κ2) is 6.30. The van der Waals surface area contributed by atoms with Crippen LogP contribution in [0.1, 0.15) is 69.2 Å². The van der Waals surface area contributed by atoms with Crippen molar-refractivity contribution in [3.63, 3.8) is 0 Å². The lowest BCUT2D eigenvalue weighted by molar-refractivity contribution is 0.0528. The van der Waals surface area contributed by atoms with Gasteiger partial charge >= 0.3 is 0 Å². The topological polar surface area (TPSA) is 20.2 Å². The predicted molar refractivity (Wildman–Crippen MR) is 90.8 cm³/mol. The van der Waals surface area contributed by atoms with Gasteiger partial charge in [0.15, 0.2) is 0 Å². The van der Waals surface area contributed by atoms with Gasteiger partial charge in [-0.25, -0.2) is 0 Å². The van der Waals surface area contributed by atoms with Crippen molar-refractivity contribution in [3.8, 4) is 0 Å². The smallest absolute Gasteiger partial charge is 0.0832 e. The van der Waals surface area contributed by atoms with Gasteiger partial charge in [0.2, 0.25) is 0 Å². The molecule has 0 heterocycles. The van der Waals surface area contributed by atoms with Gasteiger partial charge in [-0.15, -0.1) is 0 Å². The first kappa shape index (κ1) is 16.8. The molecule has 0 aliphatic heterocycles. The standard InChI is InChI=1S/C19H29ClO/c1-12-10-16(17(20)11-13(12)2)18(21)14-6-8-15(9-7-14)19(3,4)5/h10-11,14-15,18,21H,6-9H2,1-5H3. The second-order valence-corrected chi connectivity index (χ2v) is 8.29. The van der Waals surface area contributed by atoms with Gasteiger partial charge < -0.3 is 5.11 Å². The lowest BCUT2D eigenvalue weighted by Crippen LogP contribution is -2.28. The van der Waals surface area contributed by atoms with Crippen LogP contribution < -0.4 is 0 Å². The summed E-state index contributed by atoms with van der Waals surface area (Å²) in [5.41, 5.74) is 3.69. The molecule has 1 aliphatic carbocycles. The van der Waals surface area contributed by atoms with Crippen molar-refractivity contribution in [2.75, 3.05) is 0 Å². The number of aryl methyl sites for hydroxylation is 2. The molecule has 1 nitrogen and oxygen atoms in total. The van der Waals surface area contributed by atoms with E-state index >= 15 is 0 Å². The minimum Gasteiger partial charge on any atom is -0.388 e. The number of hydrogen-bond donors (Lipinski definition) is 1. The van der Waals surface area contributed by atoms with E-state index in [1.807, 2.05) is 6.07 Å². The van der Waals surface area contributed by atoms with Crippen LogP contribution in [0.3, 0.4) is 0 Å². The minimum absolute atomic E-state index is 0.350. The van der Waals surface area contributed by atoms with E-state index in [0.29, 0.717) is 16.4 Å². The number of aliphatic hydroxyl groups is 1. The average Bonchev–Trinajstić information content (AvgIpc) is 2.41. The molecule has 118 valence electrons. The lowest BCUT2D eigenvalue weighted by Gasteiger charge is -2.38. The molecule has 1 aliphatic rings. The molecule has 1 aromatic rings. The van der Waals surface area contributed by atoms with Crippen LogP contribution in [0.5, 0.6) is 0 Å². The Balaban J connectivity index is 2.09. The summed E-state index contributed by atoms with van der Waals surface area (Å²) in [6.07, 6.45) is 4.22. The molecule has 1 aromatic carbocycles. The summed E-state index contributed by atoms with van der Waals surface area (Å²) in [6.45, 7) is 11.1. The largest absolute Gasteiger partial charge is 0.388 e. The molecule has 0 spiro atoms. The fraction of sp³-hybridized carbons (Fsp3) is 0.684. The molecule has 1 unspecified atom stereocenters. The highest BCUT2D eigenvalue weighted by atomic mass is 35.5. The summed E-state index contributed by atoms with van der Waals surface area (Å²) in [5, 5.41) is 11.5. The fourth-order valence-corrected chi connectivity index (χ4v) is 3.91. The third kappa shape index (κ3) is 3.81. The van der Waals surface area contributed by atoms with Crippen LogP contribution in [0, 0.1) is 31.1 Å². The normalized spacial score (nSPS) is 24.9. The maximum atomic E-state index is 10.7. The van der Waals surface area contributed by atoms with Gasteiger partial charge in [0.05, 0.1) is 6.10 Å². The minimum atomic E-state index is -0.419. The van der Waals surface area contributed by atoms with Crippen LogP contribution in [-0.4, -0.2) is 5.11 Å². The summed E-state index contributed by atoms with van der Waals surface area (Å²) in [7, 11) is 0. The molecule has 1 saturated carbocycles. The van der Waals surface area contributed by atoms with E-state index in [1.54, 1.807) is 0 Å². The second-order valence-electron chi connectivity index (χ2n) is 7.88. The average molecular weight is 309 g/mol. The summed E-state index contributed by atoms with van der Waals surface area (Å²) in [4.78, 5) is 0. The van der Waals surface area contributed by atoms with Crippen LogP contribution in [0.4, 0.5) is 0 Å². The summed E-state index contributed by atoms with van der Waals surface area (Å²) >= 11 is 6.36. The first-order valence-electron chi connectivity index (χ1n) is 8.15. The summed E-state index contributed by atoms with van der Waals surface area (Å²) < 4.78 is 0. The molecule has 1 atom stereocenters. The van der Waals surface area contributed by atoms with Crippen molar-refractivity contribution in [1.29, 1.82) is 0 Å². The molecule has 0 bridgehead atoms. The maximum Gasteiger partial charge on any atom is 0.0832 e. The third-order valence-electron chi connectivity index (χ3n) is 5.37. The highest BCUT2D eigenvalue weighted by Gasteiger charge is 2.33. The first-order chi connectivity index (χ1) is 9.70. The molecule has 1 N–H and O–H groups in total. The molecule has 2 rings (SSSR count). The van der Waals surface area contributed by atoms with Crippen molar-refractivity contribution in [2.45, 2.75) is 66.4 Å². The molecule has 0 radical (unpaired) electrons. The molecule has 21 heavy (non-hydrogen) atoms. The van der Waals surface area contributed by atoms with E-state index in [-0.39, 0.29) is 0 Å². The van der Waals surface area contributed by atoms with Crippen molar-refractivity contribution in [2.24, 2.45) is 17.3 Å². The Hall–Kier alpha value is -0.530. The lowest BCUT2D eigenvalue weighted by atomic mass is 9.68. The Labute approximate surface area is 134 Å². The predicted octanol–water partition coefficient (Wildman–Crippen LogP) is 5.84. The van der Waals surface area contributed by atoms with Crippen molar-refractivity contribution in [3.05, 3.63) is 33.8 Å². The molecule has 2 heteroatoms. The van der Waals surface area contributed by atoms with E-state index in [0.717, 1.165) is 24.3 Å². The van der Waals surface area contributed by atoms with E-state index in [9.17, 15) is 5.11 Å². The maximum absolute atomic E-state index is 10.7. The zero-order valence-electron chi connectivity index (χ0n) is 14.0. The van der Waals surface area contributed by atoms with Gasteiger partial charge in [-0.1, -0.05) is 38.4 Å². The SMILES string of the molecule is Cc1cc(Cl)c(C(O)C2CCC(C(C)(C)C)CC2)cc1C. The van der Waals surface area contributed by atoms with Crippen molar-refractivity contribution < 1.29 is 5.11 Å². The molecule has 0 amide bonds. The quantitative estimate of drug-likeness (QED) is 0.727. The third-order valence-corrected chi connectivity index (χ3v) is 5.70. The van der Waals surface area contributed by atoms with E-state index in [4.69, 9.17) is 11.6 Å². The fourth-order valence-electron chi connectivity index (χ4n) is 3.58. The van der Waals surface area contributed by atoms with Gasteiger partial charge in [-0.05, 0) is 79.5 Å². The van der Waals surface area contributed by atoms with Gasteiger partial charge in [0.1, 0.15) is 0 Å². The first-order valence-corrected chi connectivity index (χ1v) is 8.52. The van der Waals surface area contributed by atoms with E-state index in [2.05, 4.69) is 40.7 Å². The summed E-state index contributed by atoms with van der Waals surface area (Å²) in [5.74, 6) is 1.12. The number of halogens is 1. The Bertz CT molecular complexity index is 493. The monoisotopic (exact) mass is 308 g/mol. The van der Waals surface area contributed by atoms with Gasteiger partial charge in [-0.2, -0.15) is 0 Å². The van der Waals surface area contributed by atoms with Gasteiger partial charge in [0, 0.05) is 5.02 Å². The van der Waals surface area contributed by atoms with Crippen molar-refractivity contribution >= 4 is 11.6 Å². The number of benzene rings is 1. The zero-order valence-corrected chi connectivity index (χ0v) is 14.8. The summed E-state index contributed by atoms with van der Waals surface area (Å²) in [6, 6.07) is 4.05. The Kier molecular flexibility index (Phi) is 5.05. The van der Waals surface area contributed by atoms with Gasteiger partial charge in [0.25, 0.3) is 0 Å². The number of aliphatic hydroxyl groups excluding tert-OH is 1. The highest BCUT2D eigenvalue weighted by molar-refractivity contribution is 6.31. The van der Waals surface area contributed by atoms with Crippen LogP contribution in [-0.2, 0) is 0 Å². The molecular formula is C19H29ClO. The van der Waals surface area contributed by atoms with Crippen molar-refractivity contribution in [1.82, 2.24) is 0 Å². The van der Waals surface area contributed by atoms with Crippen LogP contribution in [0.2, 0.25) is 5.02 Å². The number of rotatable bonds is 2. The highest BCUT2D eigenvalue weighted by Crippen LogP contribution is 2.44. The van der Waals surface area contributed by atoms with Crippen LogP contribution >= 0.6 is 11.6 Å². The Morgan fingerprint density at radius 3 is 2.10 bits per heavy atom. The van der Waals surface area contributed by atoms with E-state index < -0.39 is 6.10 Å². The molecule has 1 fully saturated rings. The molecule has 0 saturated heterocycles. The van der Waals surface area contributed by atoms with Crippen LogP contribution in [0.25, 0.3) is 0 Å².